The minimum absolute atomic E-state index is 0.00422. The van der Waals surface area contributed by atoms with Crippen LogP contribution in [0.15, 0.2) is 53.4 Å². The highest BCUT2D eigenvalue weighted by Crippen LogP contribution is 2.17. The van der Waals surface area contributed by atoms with E-state index in [1.54, 1.807) is 31.4 Å². The van der Waals surface area contributed by atoms with Gasteiger partial charge in [-0.3, -0.25) is 4.18 Å². The third-order valence-corrected chi connectivity index (χ3v) is 4.38. The molecular weight excluding hydrogens is 288 g/mol. The zero-order valence-electron chi connectivity index (χ0n) is 12.1. The minimum Gasteiger partial charge on any atom is -0.380 e. The van der Waals surface area contributed by atoms with E-state index in [1.165, 1.54) is 0 Å². The SMILES string of the molecule is COCc1ccccc1COS(=O)(=O)c1ccc(C)cc1. The van der Waals surface area contributed by atoms with E-state index in [0.29, 0.717) is 6.61 Å². The van der Waals surface area contributed by atoms with Crippen LogP contribution in [0.3, 0.4) is 0 Å². The van der Waals surface area contributed by atoms with Crippen molar-refractivity contribution in [1.29, 1.82) is 0 Å². The van der Waals surface area contributed by atoms with Gasteiger partial charge in [0.25, 0.3) is 10.1 Å². The molecule has 112 valence electrons. The third kappa shape index (κ3) is 4.14. The zero-order valence-corrected chi connectivity index (χ0v) is 12.9. The number of hydrogen-bond acceptors (Lipinski definition) is 4. The molecule has 0 spiro atoms. The van der Waals surface area contributed by atoms with Crippen LogP contribution < -0.4 is 0 Å². The topological polar surface area (TPSA) is 52.6 Å². The average Bonchev–Trinajstić information content (AvgIpc) is 2.47. The van der Waals surface area contributed by atoms with Gasteiger partial charge in [0.05, 0.1) is 18.1 Å². The van der Waals surface area contributed by atoms with E-state index in [2.05, 4.69) is 0 Å². The maximum atomic E-state index is 12.1. The molecule has 0 atom stereocenters. The Morgan fingerprint density at radius 1 is 0.905 bits per heavy atom. The van der Waals surface area contributed by atoms with Gasteiger partial charge in [0, 0.05) is 7.11 Å². The van der Waals surface area contributed by atoms with Crippen molar-refractivity contribution in [2.75, 3.05) is 7.11 Å². The summed E-state index contributed by atoms with van der Waals surface area (Å²) >= 11 is 0. The molecule has 0 unspecified atom stereocenters. The van der Waals surface area contributed by atoms with Gasteiger partial charge in [-0.05, 0) is 30.2 Å². The van der Waals surface area contributed by atoms with Crippen LogP contribution >= 0.6 is 0 Å². The van der Waals surface area contributed by atoms with Gasteiger partial charge < -0.3 is 4.74 Å². The highest BCUT2D eigenvalue weighted by atomic mass is 32.2. The molecule has 0 N–H and O–H groups in total. The summed E-state index contributed by atoms with van der Waals surface area (Å²) in [5.74, 6) is 0. The van der Waals surface area contributed by atoms with E-state index in [4.69, 9.17) is 8.92 Å². The Morgan fingerprint density at radius 2 is 1.48 bits per heavy atom. The van der Waals surface area contributed by atoms with Crippen LogP contribution in [0.1, 0.15) is 16.7 Å². The summed E-state index contributed by atoms with van der Waals surface area (Å²) in [6, 6.07) is 14.0. The second-order valence-corrected chi connectivity index (χ2v) is 6.35. The summed E-state index contributed by atoms with van der Waals surface area (Å²) in [5.41, 5.74) is 2.72. The van der Waals surface area contributed by atoms with Gasteiger partial charge in [-0.15, -0.1) is 0 Å². The third-order valence-electron chi connectivity index (χ3n) is 3.10. The Bertz CT molecular complexity index is 690. The lowest BCUT2D eigenvalue weighted by Gasteiger charge is -2.10. The quantitative estimate of drug-likeness (QED) is 0.770. The van der Waals surface area contributed by atoms with E-state index in [9.17, 15) is 8.42 Å². The molecule has 5 heteroatoms. The number of aryl methyl sites for hydroxylation is 1. The predicted molar refractivity (Wildman–Crippen MR) is 80.3 cm³/mol. The molecule has 0 bridgehead atoms. The highest BCUT2D eigenvalue weighted by molar-refractivity contribution is 7.86. The summed E-state index contributed by atoms with van der Waals surface area (Å²) in [4.78, 5) is 0.164. The molecule has 4 nitrogen and oxygen atoms in total. The van der Waals surface area contributed by atoms with Crippen LogP contribution in [0, 0.1) is 6.92 Å². The largest absolute Gasteiger partial charge is 0.380 e. The fourth-order valence-electron chi connectivity index (χ4n) is 1.91. The molecule has 0 aliphatic heterocycles. The summed E-state index contributed by atoms with van der Waals surface area (Å²) in [6.45, 7) is 2.32. The average molecular weight is 306 g/mol. The van der Waals surface area contributed by atoms with Crippen molar-refractivity contribution in [3.8, 4) is 0 Å². The van der Waals surface area contributed by atoms with Crippen molar-refractivity contribution < 1.29 is 17.3 Å². The Morgan fingerprint density at radius 3 is 2.05 bits per heavy atom. The zero-order chi connectivity index (χ0) is 15.3. The van der Waals surface area contributed by atoms with Crippen molar-refractivity contribution in [2.45, 2.75) is 25.0 Å². The summed E-state index contributed by atoms with van der Waals surface area (Å²) < 4.78 is 34.5. The first kappa shape index (κ1) is 15.7. The maximum Gasteiger partial charge on any atom is 0.297 e. The number of methoxy groups -OCH3 is 1. The molecule has 0 saturated heterocycles. The first-order chi connectivity index (χ1) is 10.0. The molecule has 0 aromatic heterocycles. The van der Waals surface area contributed by atoms with Crippen LogP contribution in [-0.4, -0.2) is 15.5 Å². The normalized spacial score (nSPS) is 11.5. The van der Waals surface area contributed by atoms with Gasteiger partial charge in [-0.1, -0.05) is 42.0 Å². The highest BCUT2D eigenvalue weighted by Gasteiger charge is 2.15. The molecule has 2 aromatic rings. The van der Waals surface area contributed by atoms with E-state index >= 15 is 0 Å². The lowest BCUT2D eigenvalue weighted by atomic mass is 10.1. The van der Waals surface area contributed by atoms with Gasteiger partial charge in [0.2, 0.25) is 0 Å². The standard InChI is InChI=1S/C16H18O4S/c1-13-7-9-16(10-8-13)21(17,18)20-12-15-6-4-3-5-14(15)11-19-2/h3-10H,11-12H2,1-2H3. The molecule has 0 aliphatic carbocycles. The Hall–Kier alpha value is -1.69. The molecule has 0 fully saturated rings. The van der Waals surface area contributed by atoms with E-state index in [0.717, 1.165) is 16.7 Å². The Kier molecular flexibility index (Phi) is 5.12. The summed E-state index contributed by atoms with van der Waals surface area (Å²) in [7, 11) is -2.15. The van der Waals surface area contributed by atoms with E-state index < -0.39 is 10.1 Å². The molecule has 0 saturated carbocycles. The number of rotatable bonds is 6. The molecular formula is C16H18O4S. The molecule has 2 rings (SSSR count). The van der Waals surface area contributed by atoms with Crippen molar-refractivity contribution in [1.82, 2.24) is 0 Å². The van der Waals surface area contributed by atoms with Gasteiger partial charge in [0.15, 0.2) is 0 Å². The molecule has 0 heterocycles. The van der Waals surface area contributed by atoms with Gasteiger partial charge in [-0.25, -0.2) is 0 Å². The fraction of sp³-hybridized carbons (Fsp3) is 0.250. The van der Waals surface area contributed by atoms with Gasteiger partial charge >= 0.3 is 0 Å². The molecule has 21 heavy (non-hydrogen) atoms. The lowest BCUT2D eigenvalue weighted by Crippen LogP contribution is -2.08. The number of benzene rings is 2. The Labute approximate surface area is 125 Å². The smallest absolute Gasteiger partial charge is 0.297 e. The second-order valence-electron chi connectivity index (χ2n) is 4.73. The minimum atomic E-state index is -3.75. The van der Waals surface area contributed by atoms with E-state index in [1.807, 2.05) is 31.2 Å². The summed E-state index contributed by atoms with van der Waals surface area (Å²) in [6.07, 6.45) is 0. The van der Waals surface area contributed by atoms with Gasteiger partial charge in [-0.2, -0.15) is 8.42 Å². The molecule has 0 radical (unpaired) electrons. The van der Waals surface area contributed by atoms with Crippen LogP contribution in [0.25, 0.3) is 0 Å². The van der Waals surface area contributed by atoms with Crippen molar-refractivity contribution in [3.05, 3.63) is 65.2 Å². The van der Waals surface area contributed by atoms with Crippen LogP contribution in [0.4, 0.5) is 0 Å². The fourth-order valence-corrected chi connectivity index (χ4v) is 2.80. The van der Waals surface area contributed by atoms with Crippen molar-refractivity contribution >= 4 is 10.1 Å². The van der Waals surface area contributed by atoms with Crippen LogP contribution in [0.2, 0.25) is 0 Å². The number of ether oxygens (including phenoxy) is 1. The summed E-state index contributed by atoms with van der Waals surface area (Å²) in [5, 5.41) is 0. The van der Waals surface area contributed by atoms with Crippen molar-refractivity contribution in [3.63, 3.8) is 0 Å². The molecule has 0 aliphatic rings. The first-order valence-corrected chi connectivity index (χ1v) is 7.95. The van der Waals surface area contributed by atoms with E-state index in [-0.39, 0.29) is 11.5 Å². The van der Waals surface area contributed by atoms with Crippen LogP contribution in [0.5, 0.6) is 0 Å². The van der Waals surface area contributed by atoms with Gasteiger partial charge in [0.1, 0.15) is 0 Å². The lowest BCUT2D eigenvalue weighted by molar-refractivity contribution is 0.182. The Balaban J connectivity index is 2.13. The van der Waals surface area contributed by atoms with Crippen molar-refractivity contribution in [2.24, 2.45) is 0 Å². The monoisotopic (exact) mass is 306 g/mol. The first-order valence-electron chi connectivity index (χ1n) is 6.55. The molecule has 2 aromatic carbocycles. The number of hydrogen-bond donors (Lipinski definition) is 0. The maximum absolute atomic E-state index is 12.1. The second kappa shape index (κ2) is 6.85. The predicted octanol–water partition coefficient (Wildman–Crippen LogP) is 3.05. The molecule has 0 amide bonds. The van der Waals surface area contributed by atoms with Crippen LogP contribution in [-0.2, 0) is 32.3 Å².